The van der Waals surface area contributed by atoms with Gasteiger partial charge in [-0.1, -0.05) is 19.9 Å². The van der Waals surface area contributed by atoms with E-state index in [1.54, 1.807) is 12.1 Å². The van der Waals surface area contributed by atoms with Crippen molar-refractivity contribution in [1.29, 1.82) is 0 Å². The van der Waals surface area contributed by atoms with Gasteiger partial charge in [-0.25, -0.2) is 8.42 Å². The molecule has 0 heterocycles. The maximum absolute atomic E-state index is 11.5. The minimum atomic E-state index is -3.33. The number of aliphatic hydroxyl groups excluding tert-OH is 1. The van der Waals surface area contributed by atoms with E-state index in [0.717, 1.165) is 6.26 Å². The van der Waals surface area contributed by atoms with Gasteiger partial charge in [0, 0.05) is 24.8 Å². The van der Waals surface area contributed by atoms with Gasteiger partial charge in [0.15, 0.2) is 9.84 Å². The molecule has 0 aromatic heterocycles. The Bertz CT molecular complexity index is 524. The minimum Gasteiger partial charge on any atom is -0.396 e. The highest BCUT2D eigenvalue weighted by atomic mass is 32.2. The molecule has 0 unspecified atom stereocenters. The van der Waals surface area contributed by atoms with E-state index in [-0.39, 0.29) is 22.6 Å². The van der Waals surface area contributed by atoms with E-state index < -0.39 is 9.84 Å². The second kappa shape index (κ2) is 5.16. The van der Waals surface area contributed by atoms with E-state index in [2.05, 4.69) is 5.32 Å². The fourth-order valence-electron chi connectivity index (χ4n) is 1.41. The quantitative estimate of drug-likeness (QED) is 0.698. The van der Waals surface area contributed by atoms with Crippen LogP contribution in [0.2, 0.25) is 0 Å². The average molecular weight is 272 g/mol. The second-order valence-corrected chi connectivity index (χ2v) is 7.15. The van der Waals surface area contributed by atoms with Gasteiger partial charge in [-0.3, -0.25) is 0 Å². The molecular formula is C12H20N2O3S. The molecule has 0 aliphatic carbocycles. The highest BCUT2D eigenvalue weighted by molar-refractivity contribution is 7.90. The third-order valence-electron chi connectivity index (χ3n) is 2.65. The summed E-state index contributed by atoms with van der Waals surface area (Å²) in [6.07, 6.45) is 1.13. The number of nitrogens with one attached hydrogen (secondary N) is 1. The van der Waals surface area contributed by atoms with Gasteiger partial charge >= 0.3 is 0 Å². The first-order valence-electron chi connectivity index (χ1n) is 5.61. The molecule has 0 spiro atoms. The molecule has 1 aromatic carbocycles. The number of hydrogen-bond acceptors (Lipinski definition) is 5. The van der Waals surface area contributed by atoms with Gasteiger partial charge in [-0.05, 0) is 12.1 Å². The number of nitrogen functional groups attached to an aromatic ring is 1. The van der Waals surface area contributed by atoms with Gasteiger partial charge in [0.1, 0.15) is 0 Å². The molecule has 0 fully saturated rings. The summed E-state index contributed by atoms with van der Waals surface area (Å²) in [7, 11) is -3.33. The summed E-state index contributed by atoms with van der Waals surface area (Å²) in [5, 5.41) is 12.2. The van der Waals surface area contributed by atoms with E-state index in [0.29, 0.717) is 12.2 Å². The third-order valence-corrected chi connectivity index (χ3v) is 3.81. The molecule has 5 nitrogen and oxygen atoms in total. The lowest BCUT2D eigenvalue weighted by Crippen LogP contribution is -2.27. The Kier molecular flexibility index (Phi) is 4.24. The molecule has 0 saturated carbocycles. The van der Waals surface area contributed by atoms with Crippen LogP contribution in [0.3, 0.4) is 0 Å². The van der Waals surface area contributed by atoms with E-state index in [1.807, 2.05) is 13.8 Å². The number of anilines is 2. The topological polar surface area (TPSA) is 92.4 Å². The molecule has 4 N–H and O–H groups in total. The van der Waals surface area contributed by atoms with Crippen molar-refractivity contribution in [3.63, 3.8) is 0 Å². The number of benzene rings is 1. The largest absolute Gasteiger partial charge is 0.396 e. The Hall–Kier alpha value is -1.27. The van der Waals surface area contributed by atoms with Crippen molar-refractivity contribution in [2.24, 2.45) is 5.41 Å². The lowest BCUT2D eigenvalue weighted by atomic mass is 9.95. The number of nitrogens with two attached hydrogens (primary N) is 1. The summed E-state index contributed by atoms with van der Waals surface area (Å²) < 4.78 is 23.0. The van der Waals surface area contributed by atoms with Gasteiger partial charge < -0.3 is 16.2 Å². The molecule has 0 aliphatic rings. The van der Waals surface area contributed by atoms with Crippen LogP contribution in [0.5, 0.6) is 0 Å². The van der Waals surface area contributed by atoms with Crippen LogP contribution in [0.4, 0.5) is 11.4 Å². The summed E-state index contributed by atoms with van der Waals surface area (Å²) in [6.45, 7) is 4.33. The van der Waals surface area contributed by atoms with Crippen LogP contribution in [0.25, 0.3) is 0 Å². The van der Waals surface area contributed by atoms with Crippen molar-refractivity contribution in [1.82, 2.24) is 0 Å². The third kappa shape index (κ3) is 3.61. The van der Waals surface area contributed by atoms with Crippen molar-refractivity contribution in [3.05, 3.63) is 18.2 Å². The fourth-order valence-corrected chi connectivity index (χ4v) is 2.25. The summed E-state index contributed by atoms with van der Waals surface area (Å²) in [4.78, 5) is 0.120. The molecule has 0 amide bonds. The summed E-state index contributed by atoms with van der Waals surface area (Å²) in [5.41, 5.74) is 6.32. The van der Waals surface area contributed by atoms with E-state index in [1.165, 1.54) is 6.07 Å². The minimum absolute atomic E-state index is 0.0334. The molecule has 102 valence electrons. The van der Waals surface area contributed by atoms with Crippen LogP contribution >= 0.6 is 0 Å². The lowest BCUT2D eigenvalue weighted by Gasteiger charge is -2.23. The summed E-state index contributed by atoms with van der Waals surface area (Å²) >= 11 is 0. The summed E-state index contributed by atoms with van der Waals surface area (Å²) in [5.74, 6) is 0. The van der Waals surface area contributed by atoms with Gasteiger partial charge in [-0.15, -0.1) is 0 Å². The average Bonchev–Trinajstić information content (AvgIpc) is 2.26. The smallest absolute Gasteiger partial charge is 0.177 e. The lowest BCUT2D eigenvalue weighted by molar-refractivity contribution is 0.171. The molecule has 1 rings (SSSR count). The maximum Gasteiger partial charge on any atom is 0.177 e. The van der Waals surface area contributed by atoms with Crippen LogP contribution in [0.15, 0.2) is 23.1 Å². The highest BCUT2D eigenvalue weighted by Crippen LogP contribution is 2.27. The molecule has 0 saturated heterocycles. The Labute approximate surface area is 108 Å². The Morgan fingerprint density at radius 1 is 1.39 bits per heavy atom. The van der Waals surface area contributed by atoms with Crippen LogP contribution in [0.1, 0.15) is 13.8 Å². The van der Waals surface area contributed by atoms with Crippen molar-refractivity contribution in [2.45, 2.75) is 18.7 Å². The summed E-state index contributed by atoms with van der Waals surface area (Å²) in [6, 6.07) is 4.84. The number of hydrogen-bond donors (Lipinski definition) is 3. The Morgan fingerprint density at radius 2 is 2.00 bits per heavy atom. The van der Waals surface area contributed by atoms with Crippen LogP contribution in [-0.4, -0.2) is 32.9 Å². The molecule has 18 heavy (non-hydrogen) atoms. The van der Waals surface area contributed by atoms with Gasteiger partial charge in [-0.2, -0.15) is 0 Å². The normalized spacial score (nSPS) is 12.4. The zero-order chi connectivity index (χ0) is 14.0. The molecule has 1 aromatic rings. The molecule has 0 bridgehead atoms. The van der Waals surface area contributed by atoms with E-state index in [9.17, 15) is 8.42 Å². The first-order valence-corrected chi connectivity index (χ1v) is 7.50. The highest BCUT2D eigenvalue weighted by Gasteiger charge is 2.18. The Balaban J connectivity index is 2.99. The van der Waals surface area contributed by atoms with Crippen molar-refractivity contribution < 1.29 is 13.5 Å². The van der Waals surface area contributed by atoms with Crippen molar-refractivity contribution >= 4 is 21.2 Å². The molecule has 6 heteroatoms. The second-order valence-electron chi connectivity index (χ2n) is 5.17. The molecule has 0 radical (unpaired) electrons. The zero-order valence-corrected chi connectivity index (χ0v) is 11.7. The first kappa shape index (κ1) is 14.8. The van der Waals surface area contributed by atoms with Crippen LogP contribution in [-0.2, 0) is 9.84 Å². The Morgan fingerprint density at radius 3 is 2.50 bits per heavy atom. The van der Waals surface area contributed by atoms with Crippen LogP contribution in [0, 0.1) is 5.41 Å². The van der Waals surface area contributed by atoms with E-state index in [4.69, 9.17) is 10.8 Å². The zero-order valence-electron chi connectivity index (χ0n) is 10.9. The molecule has 0 atom stereocenters. The van der Waals surface area contributed by atoms with Gasteiger partial charge in [0.25, 0.3) is 0 Å². The predicted molar refractivity (Wildman–Crippen MR) is 73.3 cm³/mol. The van der Waals surface area contributed by atoms with Crippen molar-refractivity contribution in [2.75, 3.05) is 30.5 Å². The van der Waals surface area contributed by atoms with Gasteiger partial charge in [0.05, 0.1) is 16.3 Å². The standard InChI is InChI=1S/C12H20N2O3S/c1-12(2,8-15)7-14-9-5-4-6-10(11(9)13)18(3,16)17/h4-6,14-15H,7-8,13H2,1-3H3. The molecule has 0 aliphatic heterocycles. The first-order chi connectivity index (χ1) is 8.17. The SMILES string of the molecule is CC(C)(CO)CNc1cccc(S(C)(=O)=O)c1N. The van der Waals surface area contributed by atoms with Crippen LogP contribution < -0.4 is 11.1 Å². The maximum atomic E-state index is 11.5. The van der Waals surface area contributed by atoms with Gasteiger partial charge in [0.2, 0.25) is 0 Å². The number of aliphatic hydroxyl groups is 1. The number of para-hydroxylation sites is 1. The molecular weight excluding hydrogens is 252 g/mol. The fraction of sp³-hybridized carbons (Fsp3) is 0.500. The monoisotopic (exact) mass is 272 g/mol. The van der Waals surface area contributed by atoms with Crippen molar-refractivity contribution in [3.8, 4) is 0 Å². The number of rotatable bonds is 5. The van der Waals surface area contributed by atoms with E-state index >= 15 is 0 Å². The number of sulfone groups is 1. The predicted octanol–water partition coefficient (Wildman–Crippen LogP) is 1.10.